The van der Waals surface area contributed by atoms with E-state index in [-0.39, 0.29) is 17.2 Å². The molecule has 7 nitrogen and oxygen atoms in total. The lowest BCUT2D eigenvalue weighted by Crippen LogP contribution is -2.41. The van der Waals surface area contributed by atoms with Gasteiger partial charge < -0.3 is 19.7 Å². The zero-order valence-electron chi connectivity index (χ0n) is 23.3. The Kier molecular flexibility index (Phi) is 8.12. The smallest absolute Gasteiger partial charge is 0.259 e. The lowest BCUT2D eigenvalue weighted by molar-refractivity contribution is 0.171. The van der Waals surface area contributed by atoms with Gasteiger partial charge in [0, 0.05) is 42.5 Å². The number of nitrogens with zero attached hydrogens (tertiary/aromatic N) is 5. The highest BCUT2D eigenvalue weighted by Crippen LogP contribution is 2.35. The van der Waals surface area contributed by atoms with Crippen molar-refractivity contribution >= 4 is 23.4 Å². The van der Waals surface area contributed by atoms with Gasteiger partial charge in [0.25, 0.3) is 5.56 Å². The van der Waals surface area contributed by atoms with Gasteiger partial charge >= 0.3 is 0 Å². The molecule has 1 aromatic carbocycles. The van der Waals surface area contributed by atoms with Gasteiger partial charge in [-0.3, -0.25) is 4.79 Å². The van der Waals surface area contributed by atoms with Crippen molar-refractivity contribution in [1.29, 1.82) is 0 Å². The quantitative estimate of drug-likeness (QED) is 0.279. The average Bonchev–Trinajstić information content (AvgIpc) is 2.91. The molecule has 0 unspecified atom stereocenters. The molecule has 1 N–H and O–H groups in total. The van der Waals surface area contributed by atoms with Crippen LogP contribution in [0.4, 0.5) is 14.6 Å². The SMILES string of the molecule is C=N/C(=C\C=C(/C)N(C)C1CCN(C)CC1)Nc1cc2c(cn1)cc(-c1c(F)cccc1F)c(=O)n2C1CCC1. The third-order valence-corrected chi connectivity index (χ3v) is 8.29. The van der Waals surface area contributed by atoms with Crippen molar-refractivity contribution < 1.29 is 8.78 Å². The molecule has 0 atom stereocenters. The number of aromatic nitrogens is 2. The number of anilines is 1. The van der Waals surface area contributed by atoms with Crippen LogP contribution in [0, 0.1) is 11.6 Å². The van der Waals surface area contributed by atoms with Crippen LogP contribution >= 0.6 is 0 Å². The minimum atomic E-state index is -0.764. The molecular formula is C31H36F2N6O. The molecule has 9 heteroatoms. The molecule has 0 amide bonds. The van der Waals surface area contributed by atoms with E-state index in [4.69, 9.17) is 0 Å². The Hall–Kier alpha value is -3.85. The third-order valence-electron chi connectivity index (χ3n) is 8.29. The molecule has 1 aliphatic carbocycles. The van der Waals surface area contributed by atoms with Crippen LogP contribution in [0.3, 0.4) is 0 Å². The number of rotatable bonds is 8. The summed E-state index contributed by atoms with van der Waals surface area (Å²) in [7, 11) is 4.28. The van der Waals surface area contributed by atoms with E-state index in [2.05, 4.69) is 52.8 Å². The summed E-state index contributed by atoms with van der Waals surface area (Å²) in [6, 6.07) is 7.41. The van der Waals surface area contributed by atoms with Crippen LogP contribution in [0.2, 0.25) is 0 Å². The number of nitrogens with one attached hydrogen (secondary N) is 1. The fourth-order valence-electron chi connectivity index (χ4n) is 5.49. The monoisotopic (exact) mass is 546 g/mol. The Morgan fingerprint density at radius 2 is 1.85 bits per heavy atom. The van der Waals surface area contributed by atoms with E-state index in [1.54, 1.807) is 16.8 Å². The van der Waals surface area contributed by atoms with E-state index in [0.29, 0.717) is 28.6 Å². The van der Waals surface area contributed by atoms with Crippen LogP contribution in [0.1, 0.15) is 45.1 Å². The maximum atomic E-state index is 14.6. The van der Waals surface area contributed by atoms with Gasteiger partial charge in [-0.25, -0.2) is 18.8 Å². The number of allylic oxidation sites excluding steroid dienone is 3. The van der Waals surface area contributed by atoms with Crippen molar-refractivity contribution in [1.82, 2.24) is 19.4 Å². The number of aliphatic imine (C=N–C) groups is 1. The van der Waals surface area contributed by atoms with Gasteiger partial charge in [-0.2, -0.15) is 0 Å². The molecule has 5 rings (SSSR count). The maximum absolute atomic E-state index is 14.6. The first-order valence-corrected chi connectivity index (χ1v) is 13.8. The minimum absolute atomic E-state index is 0.000181. The molecule has 0 spiro atoms. The first-order valence-electron chi connectivity index (χ1n) is 13.8. The lowest BCUT2D eigenvalue weighted by Gasteiger charge is -2.36. The molecular weight excluding hydrogens is 510 g/mol. The normalized spacial score (nSPS) is 17.6. The predicted octanol–water partition coefficient (Wildman–Crippen LogP) is 5.95. The van der Waals surface area contributed by atoms with E-state index < -0.39 is 17.2 Å². The largest absolute Gasteiger partial charge is 0.375 e. The van der Waals surface area contributed by atoms with Crippen molar-refractivity contribution in [2.75, 3.05) is 32.5 Å². The summed E-state index contributed by atoms with van der Waals surface area (Å²) in [6.07, 6.45) is 10.4. The summed E-state index contributed by atoms with van der Waals surface area (Å²) in [6.45, 7) is 7.97. The fourth-order valence-corrected chi connectivity index (χ4v) is 5.49. The highest BCUT2D eigenvalue weighted by Gasteiger charge is 2.26. The third kappa shape index (κ3) is 5.56. The van der Waals surface area contributed by atoms with Crippen LogP contribution in [0.5, 0.6) is 0 Å². The van der Waals surface area contributed by atoms with Gasteiger partial charge in [0.05, 0.1) is 16.6 Å². The molecule has 1 aliphatic heterocycles. The number of hydrogen-bond acceptors (Lipinski definition) is 6. The summed E-state index contributed by atoms with van der Waals surface area (Å²) in [4.78, 5) is 26.9. The van der Waals surface area contributed by atoms with E-state index >= 15 is 0 Å². The zero-order valence-corrected chi connectivity index (χ0v) is 23.3. The topological polar surface area (TPSA) is 65.8 Å². The number of piperidine rings is 1. The summed E-state index contributed by atoms with van der Waals surface area (Å²) >= 11 is 0. The number of halogens is 2. The first-order chi connectivity index (χ1) is 19.3. The Morgan fingerprint density at radius 3 is 2.48 bits per heavy atom. The van der Waals surface area contributed by atoms with Gasteiger partial charge in [0.1, 0.15) is 23.3 Å². The predicted molar refractivity (Wildman–Crippen MR) is 158 cm³/mol. The minimum Gasteiger partial charge on any atom is -0.375 e. The average molecular weight is 547 g/mol. The molecule has 3 heterocycles. The summed E-state index contributed by atoms with van der Waals surface area (Å²) in [5.74, 6) is -0.511. The first kappa shape index (κ1) is 27.7. The van der Waals surface area contributed by atoms with Crippen molar-refractivity contribution in [2.45, 2.75) is 51.1 Å². The second kappa shape index (κ2) is 11.7. The molecule has 40 heavy (non-hydrogen) atoms. The van der Waals surface area contributed by atoms with Crippen LogP contribution in [0.25, 0.3) is 22.0 Å². The van der Waals surface area contributed by atoms with Crippen LogP contribution in [-0.2, 0) is 0 Å². The zero-order chi connectivity index (χ0) is 28.4. The van der Waals surface area contributed by atoms with Crippen molar-refractivity contribution in [2.24, 2.45) is 4.99 Å². The van der Waals surface area contributed by atoms with Gasteiger partial charge in [-0.15, -0.1) is 0 Å². The molecule has 210 valence electrons. The molecule has 2 aromatic heterocycles. The van der Waals surface area contributed by atoms with Crippen LogP contribution < -0.4 is 10.9 Å². The lowest BCUT2D eigenvalue weighted by atomic mass is 9.91. The van der Waals surface area contributed by atoms with E-state index in [1.807, 2.05) is 12.2 Å². The molecule has 0 radical (unpaired) electrons. The van der Waals surface area contributed by atoms with E-state index in [0.717, 1.165) is 50.9 Å². The van der Waals surface area contributed by atoms with Crippen molar-refractivity contribution in [3.63, 3.8) is 0 Å². The Morgan fingerprint density at radius 1 is 1.15 bits per heavy atom. The fraction of sp³-hybridized carbons (Fsp3) is 0.387. The van der Waals surface area contributed by atoms with Gasteiger partial charge in [0.2, 0.25) is 0 Å². The van der Waals surface area contributed by atoms with Gasteiger partial charge in [-0.05, 0) is 96.2 Å². The summed E-state index contributed by atoms with van der Waals surface area (Å²) in [5.41, 5.74) is 1.06. The number of hydrogen-bond donors (Lipinski definition) is 1. The highest BCUT2D eigenvalue weighted by molar-refractivity contribution is 5.85. The molecule has 2 fully saturated rings. The number of fused-ring (bicyclic) bond motifs is 1. The van der Waals surface area contributed by atoms with Crippen molar-refractivity contribution in [3.05, 3.63) is 82.2 Å². The second-order valence-corrected chi connectivity index (χ2v) is 10.8. The standard InChI is InChI=1S/C31H36F2N6O/c1-20(38(4)22-13-15-37(3)16-14-22)11-12-28(34-2)36-29-18-27-21(19-35-29)17-24(30-25(32)9-6-10-26(30)33)31(40)39(27)23-7-5-8-23/h6,9-12,17-19,22-23H,2,5,7-8,13-16H2,1,3-4H3,(H,35,36)/b20-11+,28-12+. The number of benzene rings is 1. The number of likely N-dealkylation sites (tertiary alicyclic amines) is 1. The van der Waals surface area contributed by atoms with Crippen LogP contribution in [-0.4, -0.2) is 59.3 Å². The maximum Gasteiger partial charge on any atom is 0.259 e. The van der Waals surface area contributed by atoms with E-state index in [9.17, 15) is 13.6 Å². The summed E-state index contributed by atoms with van der Waals surface area (Å²) in [5, 5.41) is 3.83. The van der Waals surface area contributed by atoms with Gasteiger partial charge in [0.15, 0.2) is 0 Å². The van der Waals surface area contributed by atoms with Crippen LogP contribution in [0.15, 0.2) is 70.0 Å². The molecule has 0 bridgehead atoms. The van der Waals surface area contributed by atoms with E-state index in [1.165, 1.54) is 24.3 Å². The molecule has 1 saturated carbocycles. The Labute approximate surface area is 233 Å². The second-order valence-electron chi connectivity index (χ2n) is 10.8. The Balaban J connectivity index is 1.46. The summed E-state index contributed by atoms with van der Waals surface area (Å²) < 4.78 is 31.0. The number of pyridine rings is 2. The Bertz CT molecular complexity index is 1510. The van der Waals surface area contributed by atoms with Crippen molar-refractivity contribution in [3.8, 4) is 11.1 Å². The molecule has 2 aliphatic rings. The van der Waals surface area contributed by atoms with Gasteiger partial charge in [-0.1, -0.05) is 6.07 Å². The molecule has 1 saturated heterocycles. The highest BCUT2D eigenvalue weighted by atomic mass is 19.1. The molecule has 3 aromatic rings.